The van der Waals surface area contributed by atoms with Gasteiger partial charge in [0.1, 0.15) is 5.69 Å². The fourth-order valence-electron chi connectivity index (χ4n) is 2.10. The molecule has 0 spiro atoms. The van der Waals surface area contributed by atoms with Gasteiger partial charge >= 0.3 is 5.69 Å². The highest BCUT2D eigenvalue weighted by atomic mass is 16.6. The summed E-state index contributed by atoms with van der Waals surface area (Å²) in [7, 11) is 1.86. The van der Waals surface area contributed by atoms with E-state index in [1.165, 1.54) is 0 Å². The zero-order chi connectivity index (χ0) is 14.7. The molecule has 2 aromatic heterocycles. The van der Waals surface area contributed by atoms with Crippen molar-refractivity contribution in [2.24, 2.45) is 7.05 Å². The van der Waals surface area contributed by atoms with Gasteiger partial charge in [0.25, 0.3) is 0 Å². The number of aromatic nitrogens is 4. The zero-order valence-electron chi connectivity index (χ0n) is 11.8. The number of nitro groups is 1. The van der Waals surface area contributed by atoms with Crippen LogP contribution in [-0.2, 0) is 20.0 Å². The zero-order valence-corrected chi connectivity index (χ0v) is 11.8. The summed E-state index contributed by atoms with van der Waals surface area (Å²) in [5.74, 6) is 0.464. The fraction of sp³-hybridized carbons (Fsp3) is 0.500. The molecule has 0 atom stereocenters. The summed E-state index contributed by atoms with van der Waals surface area (Å²) >= 11 is 0. The van der Waals surface area contributed by atoms with Crippen molar-refractivity contribution >= 4 is 11.5 Å². The predicted molar refractivity (Wildman–Crippen MR) is 74.7 cm³/mol. The number of rotatable bonds is 6. The van der Waals surface area contributed by atoms with Crippen LogP contribution in [0.2, 0.25) is 0 Å². The highest BCUT2D eigenvalue weighted by Crippen LogP contribution is 2.27. The molecule has 0 aliphatic carbocycles. The molecule has 0 fully saturated rings. The van der Waals surface area contributed by atoms with Crippen LogP contribution in [0.25, 0.3) is 0 Å². The smallest absolute Gasteiger partial charge is 0.333 e. The molecule has 8 heteroatoms. The second-order valence-electron chi connectivity index (χ2n) is 4.51. The molecular weight excluding hydrogens is 260 g/mol. The Kier molecular flexibility index (Phi) is 4.02. The normalized spacial score (nSPS) is 10.8. The first-order valence-electron chi connectivity index (χ1n) is 6.47. The molecule has 8 nitrogen and oxygen atoms in total. The van der Waals surface area contributed by atoms with Crippen molar-refractivity contribution in [3.05, 3.63) is 33.8 Å². The van der Waals surface area contributed by atoms with Crippen molar-refractivity contribution in [1.82, 2.24) is 19.6 Å². The second-order valence-corrected chi connectivity index (χ2v) is 4.51. The standard InChI is InChI=1S/C12H18N6O2/c1-4-17-12(11(18(19)20)9(2)14-17)13-7-5-10-6-8-16(3)15-10/h6,8,13H,4-5,7H2,1-3H3. The lowest BCUT2D eigenvalue weighted by molar-refractivity contribution is -0.384. The van der Waals surface area contributed by atoms with E-state index in [0.29, 0.717) is 31.0 Å². The third-order valence-corrected chi connectivity index (χ3v) is 3.02. The maximum atomic E-state index is 11.1. The molecule has 0 bridgehead atoms. The quantitative estimate of drug-likeness (QED) is 0.639. The van der Waals surface area contributed by atoms with Crippen LogP contribution >= 0.6 is 0 Å². The summed E-state index contributed by atoms with van der Waals surface area (Å²) < 4.78 is 3.35. The van der Waals surface area contributed by atoms with Gasteiger partial charge in [-0.15, -0.1) is 0 Å². The van der Waals surface area contributed by atoms with E-state index in [1.807, 2.05) is 26.2 Å². The van der Waals surface area contributed by atoms with Crippen molar-refractivity contribution < 1.29 is 4.92 Å². The highest BCUT2D eigenvalue weighted by molar-refractivity contribution is 5.59. The van der Waals surface area contributed by atoms with Crippen LogP contribution in [0.4, 0.5) is 11.5 Å². The van der Waals surface area contributed by atoms with E-state index in [-0.39, 0.29) is 5.69 Å². The molecule has 0 unspecified atom stereocenters. The molecule has 0 aliphatic heterocycles. The molecule has 2 rings (SSSR count). The minimum Gasteiger partial charge on any atom is -0.364 e. The Morgan fingerprint density at radius 1 is 1.45 bits per heavy atom. The van der Waals surface area contributed by atoms with Gasteiger partial charge in [-0.2, -0.15) is 10.2 Å². The number of nitrogens with zero attached hydrogens (tertiary/aromatic N) is 5. The fourth-order valence-corrected chi connectivity index (χ4v) is 2.10. The lowest BCUT2D eigenvalue weighted by atomic mass is 10.3. The number of aryl methyl sites for hydroxylation is 3. The lowest BCUT2D eigenvalue weighted by Crippen LogP contribution is -2.11. The number of nitrogens with one attached hydrogen (secondary N) is 1. The average molecular weight is 278 g/mol. The van der Waals surface area contributed by atoms with E-state index in [1.54, 1.807) is 16.3 Å². The second kappa shape index (κ2) is 5.72. The minimum absolute atomic E-state index is 0.0490. The monoisotopic (exact) mass is 278 g/mol. The molecule has 0 amide bonds. The van der Waals surface area contributed by atoms with E-state index >= 15 is 0 Å². The summed E-state index contributed by atoms with van der Waals surface area (Å²) in [6.45, 7) is 4.71. The molecular formula is C12H18N6O2. The first kappa shape index (κ1) is 14.0. The van der Waals surface area contributed by atoms with Crippen LogP contribution in [0, 0.1) is 17.0 Å². The summed E-state index contributed by atoms with van der Waals surface area (Å²) in [5, 5.41) is 22.6. The average Bonchev–Trinajstić information content (AvgIpc) is 2.93. The van der Waals surface area contributed by atoms with Crippen molar-refractivity contribution in [2.45, 2.75) is 26.8 Å². The van der Waals surface area contributed by atoms with Crippen LogP contribution in [0.1, 0.15) is 18.3 Å². The van der Waals surface area contributed by atoms with Crippen LogP contribution in [0.3, 0.4) is 0 Å². The van der Waals surface area contributed by atoms with Crippen LogP contribution in [0.15, 0.2) is 12.3 Å². The Morgan fingerprint density at radius 3 is 2.75 bits per heavy atom. The summed E-state index contributed by atoms with van der Waals surface area (Å²) in [6.07, 6.45) is 2.57. The molecule has 2 aromatic rings. The van der Waals surface area contributed by atoms with E-state index in [9.17, 15) is 10.1 Å². The highest BCUT2D eigenvalue weighted by Gasteiger charge is 2.24. The maximum absolute atomic E-state index is 11.1. The third kappa shape index (κ3) is 2.79. The van der Waals surface area contributed by atoms with Gasteiger partial charge < -0.3 is 5.32 Å². The van der Waals surface area contributed by atoms with Gasteiger partial charge in [-0.05, 0) is 19.9 Å². The largest absolute Gasteiger partial charge is 0.364 e. The molecule has 20 heavy (non-hydrogen) atoms. The maximum Gasteiger partial charge on any atom is 0.333 e. The van der Waals surface area contributed by atoms with Crippen molar-refractivity contribution in [2.75, 3.05) is 11.9 Å². The Balaban J connectivity index is 2.10. The van der Waals surface area contributed by atoms with E-state index in [2.05, 4.69) is 15.5 Å². The summed E-state index contributed by atoms with van der Waals surface area (Å²) in [6, 6.07) is 1.93. The molecule has 2 heterocycles. The van der Waals surface area contributed by atoms with Gasteiger partial charge in [0.05, 0.1) is 10.6 Å². The van der Waals surface area contributed by atoms with E-state index < -0.39 is 4.92 Å². The lowest BCUT2D eigenvalue weighted by Gasteiger charge is -2.06. The number of hydrogen-bond donors (Lipinski definition) is 1. The van der Waals surface area contributed by atoms with Gasteiger partial charge in [-0.3, -0.25) is 14.8 Å². The number of anilines is 1. The SMILES string of the molecule is CCn1nc(C)c([N+](=O)[O-])c1NCCc1ccn(C)n1. The van der Waals surface area contributed by atoms with Crippen LogP contribution < -0.4 is 5.32 Å². The Bertz CT molecular complexity index is 615. The van der Waals surface area contributed by atoms with E-state index in [0.717, 1.165) is 5.69 Å². The van der Waals surface area contributed by atoms with E-state index in [4.69, 9.17) is 0 Å². The van der Waals surface area contributed by atoms with Crippen LogP contribution in [0.5, 0.6) is 0 Å². The number of hydrogen-bond acceptors (Lipinski definition) is 5. The third-order valence-electron chi connectivity index (χ3n) is 3.02. The molecule has 108 valence electrons. The Hall–Kier alpha value is -2.38. The van der Waals surface area contributed by atoms with Crippen molar-refractivity contribution in [3.63, 3.8) is 0 Å². The van der Waals surface area contributed by atoms with Gasteiger partial charge in [0.15, 0.2) is 0 Å². The first-order chi connectivity index (χ1) is 9.52. The van der Waals surface area contributed by atoms with Gasteiger partial charge in [-0.1, -0.05) is 0 Å². The van der Waals surface area contributed by atoms with Crippen molar-refractivity contribution in [1.29, 1.82) is 0 Å². The minimum atomic E-state index is -0.391. The van der Waals surface area contributed by atoms with Gasteiger partial charge in [0, 0.05) is 32.8 Å². The topological polar surface area (TPSA) is 90.8 Å². The first-order valence-corrected chi connectivity index (χ1v) is 6.47. The Morgan fingerprint density at radius 2 is 2.20 bits per heavy atom. The molecule has 0 radical (unpaired) electrons. The molecule has 1 N–H and O–H groups in total. The molecule has 0 saturated heterocycles. The van der Waals surface area contributed by atoms with Gasteiger partial charge in [0.2, 0.25) is 5.82 Å². The summed E-state index contributed by atoms with van der Waals surface area (Å²) in [4.78, 5) is 10.7. The van der Waals surface area contributed by atoms with Crippen molar-refractivity contribution in [3.8, 4) is 0 Å². The van der Waals surface area contributed by atoms with Gasteiger partial charge in [-0.25, -0.2) is 4.68 Å². The van der Waals surface area contributed by atoms with Crippen LogP contribution in [-0.4, -0.2) is 31.0 Å². The molecule has 0 saturated carbocycles. The summed E-state index contributed by atoms with van der Waals surface area (Å²) in [5.41, 5.74) is 1.42. The molecule has 0 aliphatic rings. The predicted octanol–water partition coefficient (Wildman–Crippen LogP) is 1.51. The molecule has 0 aromatic carbocycles. The Labute approximate surface area is 116 Å².